The molecule has 1 unspecified atom stereocenters. The first kappa shape index (κ1) is 18.2. The first-order valence-electron chi connectivity index (χ1n) is 6.86. The van der Waals surface area contributed by atoms with Crippen LogP contribution in [0.2, 0.25) is 5.02 Å². The Kier molecular flexibility index (Phi) is 5.43. The first-order valence-corrected chi connectivity index (χ1v) is 8.72. The van der Waals surface area contributed by atoms with E-state index < -0.39 is 34.4 Å². The predicted octanol–water partition coefficient (Wildman–Crippen LogP) is 2.09. The third-order valence-electron chi connectivity index (χ3n) is 3.36. The molecule has 2 aromatic carbocycles. The number of hydrogen-bond donors (Lipinski definition) is 3. The average molecular weight is 372 g/mol. The Morgan fingerprint density at radius 1 is 1.08 bits per heavy atom. The fourth-order valence-electron chi connectivity index (χ4n) is 2.22. The van der Waals surface area contributed by atoms with Crippen LogP contribution in [0.5, 0.6) is 0 Å². The molecular formula is C15H14ClNO6S. The quantitative estimate of drug-likeness (QED) is 0.685. The van der Waals surface area contributed by atoms with Gasteiger partial charge in [0.1, 0.15) is 6.04 Å². The van der Waals surface area contributed by atoms with Gasteiger partial charge in [0.2, 0.25) is 10.0 Å². The Balaban J connectivity index is 2.41. The van der Waals surface area contributed by atoms with Gasteiger partial charge in [0.05, 0.1) is 4.90 Å². The monoisotopic (exact) mass is 371 g/mol. The SMILES string of the molecule is O=C(O)CCC(NS(=O)(=O)c1ccc(Cl)c2ccccc12)C(=O)O. The summed E-state index contributed by atoms with van der Waals surface area (Å²) in [5.41, 5.74) is 0. The Hall–Kier alpha value is -2.16. The van der Waals surface area contributed by atoms with Gasteiger partial charge in [-0.15, -0.1) is 0 Å². The van der Waals surface area contributed by atoms with Crippen LogP contribution < -0.4 is 4.72 Å². The lowest BCUT2D eigenvalue weighted by molar-refractivity contribution is -0.140. The van der Waals surface area contributed by atoms with Crippen molar-refractivity contribution in [2.45, 2.75) is 23.8 Å². The smallest absolute Gasteiger partial charge is 0.321 e. The summed E-state index contributed by atoms with van der Waals surface area (Å²) >= 11 is 6.05. The largest absolute Gasteiger partial charge is 0.481 e. The summed E-state index contributed by atoms with van der Waals surface area (Å²) in [6.45, 7) is 0. The lowest BCUT2D eigenvalue weighted by Crippen LogP contribution is -2.41. The topological polar surface area (TPSA) is 121 Å². The zero-order valence-corrected chi connectivity index (χ0v) is 13.8. The molecule has 2 aromatic rings. The van der Waals surface area contributed by atoms with Crippen LogP contribution in [0.1, 0.15) is 12.8 Å². The lowest BCUT2D eigenvalue weighted by atomic mass is 10.1. The van der Waals surface area contributed by atoms with Crippen molar-refractivity contribution in [2.75, 3.05) is 0 Å². The van der Waals surface area contributed by atoms with E-state index in [2.05, 4.69) is 0 Å². The molecule has 2 rings (SSSR count). The number of aliphatic carboxylic acids is 2. The van der Waals surface area contributed by atoms with E-state index in [9.17, 15) is 18.0 Å². The minimum absolute atomic E-state index is 0.121. The molecule has 0 aliphatic carbocycles. The molecule has 7 nitrogen and oxygen atoms in total. The molecule has 0 aromatic heterocycles. The van der Waals surface area contributed by atoms with Crippen LogP contribution in [-0.2, 0) is 19.6 Å². The van der Waals surface area contributed by atoms with Crippen LogP contribution in [0.15, 0.2) is 41.3 Å². The first-order chi connectivity index (χ1) is 11.2. The maximum absolute atomic E-state index is 12.6. The zero-order chi connectivity index (χ0) is 17.9. The van der Waals surface area contributed by atoms with Crippen molar-refractivity contribution in [3.63, 3.8) is 0 Å². The van der Waals surface area contributed by atoms with Crippen LogP contribution >= 0.6 is 11.6 Å². The van der Waals surface area contributed by atoms with E-state index in [0.29, 0.717) is 15.8 Å². The molecule has 1 atom stereocenters. The molecule has 0 spiro atoms. The molecule has 24 heavy (non-hydrogen) atoms. The van der Waals surface area contributed by atoms with E-state index in [-0.39, 0.29) is 11.3 Å². The highest BCUT2D eigenvalue weighted by atomic mass is 35.5. The van der Waals surface area contributed by atoms with Crippen molar-refractivity contribution in [3.8, 4) is 0 Å². The van der Waals surface area contributed by atoms with Crippen LogP contribution in [-0.4, -0.2) is 36.6 Å². The highest BCUT2D eigenvalue weighted by Crippen LogP contribution is 2.29. The van der Waals surface area contributed by atoms with Crippen molar-refractivity contribution in [1.82, 2.24) is 4.72 Å². The van der Waals surface area contributed by atoms with Gasteiger partial charge in [-0.05, 0) is 18.6 Å². The number of benzene rings is 2. The second-order valence-corrected chi connectivity index (χ2v) is 7.13. The van der Waals surface area contributed by atoms with E-state index in [0.717, 1.165) is 0 Å². The summed E-state index contributed by atoms with van der Waals surface area (Å²) in [7, 11) is -4.18. The molecule has 0 aliphatic heterocycles. The normalized spacial score (nSPS) is 12.9. The van der Waals surface area contributed by atoms with Gasteiger partial charge in [0.15, 0.2) is 0 Å². The highest BCUT2D eigenvalue weighted by molar-refractivity contribution is 7.89. The minimum Gasteiger partial charge on any atom is -0.481 e. The van der Waals surface area contributed by atoms with Gasteiger partial charge in [-0.2, -0.15) is 4.72 Å². The number of fused-ring (bicyclic) bond motifs is 1. The van der Waals surface area contributed by atoms with Gasteiger partial charge in [-0.3, -0.25) is 9.59 Å². The third kappa shape index (κ3) is 4.02. The molecule has 128 valence electrons. The number of carboxylic acids is 2. The zero-order valence-electron chi connectivity index (χ0n) is 12.3. The van der Waals surface area contributed by atoms with Crippen LogP contribution in [0.4, 0.5) is 0 Å². The lowest BCUT2D eigenvalue weighted by Gasteiger charge is -2.15. The molecule has 0 heterocycles. The Morgan fingerprint density at radius 3 is 2.29 bits per heavy atom. The molecule has 9 heteroatoms. The van der Waals surface area contributed by atoms with Crippen molar-refractivity contribution in [3.05, 3.63) is 41.4 Å². The number of rotatable bonds is 7. The second kappa shape index (κ2) is 7.16. The van der Waals surface area contributed by atoms with Gasteiger partial charge in [-0.25, -0.2) is 8.42 Å². The summed E-state index contributed by atoms with van der Waals surface area (Å²) < 4.78 is 27.1. The molecule has 3 N–H and O–H groups in total. The molecule has 0 amide bonds. The maximum Gasteiger partial charge on any atom is 0.321 e. The van der Waals surface area contributed by atoms with Crippen molar-refractivity contribution >= 4 is 44.3 Å². The minimum atomic E-state index is -4.18. The van der Waals surface area contributed by atoms with E-state index in [1.807, 2.05) is 4.72 Å². The fourth-order valence-corrected chi connectivity index (χ4v) is 3.88. The van der Waals surface area contributed by atoms with E-state index in [1.54, 1.807) is 24.3 Å². The molecule has 0 saturated carbocycles. The summed E-state index contributed by atoms with van der Waals surface area (Å²) in [6.07, 6.45) is -0.837. The maximum atomic E-state index is 12.6. The predicted molar refractivity (Wildman–Crippen MR) is 87.6 cm³/mol. The number of halogens is 1. The number of carboxylic acid groups (broad SMARTS) is 2. The summed E-state index contributed by atoms with van der Waals surface area (Å²) in [6, 6.07) is 7.69. The summed E-state index contributed by atoms with van der Waals surface area (Å²) in [5.74, 6) is -2.66. The van der Waals surface area contributed by atoms with Crippen LogP contribution in [0.25, 0.3) is 10.8 Å². The number of carbonyl (C=O) groups is 2. The Labute approximate surface area is 142 Å². The fraction of sp³-hybridized carbons (Fsp3) is 0.200. The molecule has 0 bridgehead atoms. The van der Waals surface area contributed by atoms with Crippen molar-refractivity contribution in [2.24, 2.45) is 0 Å². The van der Waals surface area contributed by atoms with Gasteiger partial charge in [-0.1, -0.05) is 35.9 Å². The Morgan fingerprint density at radius 2 is 1.71 bits per heavy atom. The average Bonchev–Trinajstić information content (AvgIpc) is 2.51. The standard InChI is InChI=1S/C15H14ClNO6S/c16-11-5-7-13(10-4-2-1-3-9(10)11)24(22,23)17-12(15(20)21)6-8-14(18)19/h1-5,7,12,17H,6,8H2,(H,18,19)(H,20,21). The summed E-state index contributed by atoms with van der Waals surface area (Å²) in [5, 5.41) is 19.0. The van der Waals surface area contributed by atoms with Gasteiger partial charge in [0, 0.05) is 22.2 Å². The number of hydrogen-bond acceptors (Lipinski definition) is 4. The second-order valence-electron chi connectivity index (χ2n) is 5.04. The number of sulfonamides is 1. The van der Waals surface area contributed by atoms with Crippen LogP contribution in [0.3, 0.4) is 0 Å². The highest BCUT2D eigenvalue weighted by Gasteiger charge is 2.27. The molecular weight excluding hydrogens is 358 g/mol. The van der Waals surface area contributed by atoms with Crippen molar-refractivity contribution < 1.29 is 28.2 Å². The van der Waals surface area contributed by atoms with E-state index in [4.69, 9.17) is 21.8 Å². The molecule has 0 fully saturated rings. The van der Waals surface area contributed by atoms with E-state index in [1.165, 1.54) is 12.1 Å². The molecule has 0 saturated heterocycles. The molecule has 0 radical (unpaired) electrons. The number of nitrogens with one attached hydrogen (secondary N) is 1. The molecule has 0 aliphatic rings. The van der Waals surface area contributed by atoms with Crippen LogP contribution in [0, 0.1) is 0 Å². The Bertz CT molecular complexity index is 896. The van der Waals surface area contributed by atoms with Gasteiger partial charge >= 0.3 is 11.9 Å². The van der Waals surface area contributed by atoms with Crippen molar-refractivity contribution in [1.29, 1.82) is 0 Å². The third-order valence-corrected chi connectivity index (χ3v) is 5.22. The summed E-state index contributed by atoms with van der Waals surface area (Å²) in [4.78, 5) is 21.7. The van der Waals surface area contributed by atoms with Gasteiger partial charge < -0.3 is 10.2 Å². The van der Waals surface area contributed by atoms with E-state index >= 15 is 0 Å². The van der Waals surface area contributed by atoms with Gasteiger partial charge in [0.25, 0.3) is 0 Å².